The van der Waals surface area contributed by atoms with Gasteiger partial charge >= 0.3 is 0 Å². The average molecular weight is 326 g/mol. The van der Waals surface area contributed by atoms with Crippen LogP contribution in [0.4, 0.5) is 0 Å². The van der Waals surface area contributed by atoms with Crippen molar-refractivity contribution < 1.29 is 4.74 Å². The van der Waals surface area contributed by atoms with Gasteiger partial charge in [0.25, 0.3) is 0 Å². The van der Waals surface area contributed by atoms with Crippen LogP contribution < -0.4 is 4.74 Å². The number of hydrogen-bond donors (Lipinski definition) is 0. The summed E-state index contributed by atoms with van der Waals surface area (Å²) < 4.78 is 5.52. The van der Waals surface area contributed by atoms with Crippen molar-refractivity contribution in [2.75, 3.05) is 39.3 Å². The lowest BCUT2D eigenvalue weighted by Gasteiger charge is -2.37. The van der Waals surface area contributed by atoms with Gasteiger partial charge in [-0.1, -0.05) is 24.3 Å². The Bertz CT molecular complexity index is 560. The van der Waals surface area contributed by atoms with E-state index in [1.165, 1.54) is 51.1 Å². The fourth-order valence-electron chi connectivity index (χ4n) is 4.68. The first kappa shape index (κ1) is 16.2. The number of rotatable bonds is 6. The van der Waals surface area contributed by atoms with Crippen molar-refractivity contribution in [2.45, 2.75) is 26.3 Å². The van der Waals surface area contributed by atoms with Gasteiger partial charge in [-0.3, -0.25) is 4.90 Å². The Balaban J connectivity index is 1.22. The van der Waals surface area contributed by atoms with Gasteiger partial charge in [0, 0.05) is 39.3 Å². The summed E-state index contributed by atoms with van der Waals surface area (Å²) in [6.45, 7) is 10.0. The van der Waals surface area contributed by atoms with E-state index in [4.69, 9.17) is 4.74 Å². The van der Waals surface area contributed by atoms with E-state index in [1.54, 1.807) is 0 Å². The SMILES string of the molecule is CCOc1ccc(CN2CCN(C[C@@H]3C[C@H]4C=C[C@H]3C4)CC2)cc1. The first-order chi connectivity index (χ1) is 11.8. The molecule has 1 aromatic carbocycles. The van der Waals surface area contributed by atoms with Crippen molar-refractivity contribution in [3.63, 3.8) is 0 Å². The van der Waals surface area contributed by atoms with Crippen LogP contribution in [-0.4, -0.2) is 49.1 Å². The molecule has 0 spiro atoms. The molecule has 3 aliphatic rings. The maximum Gasteiger partial charge on any atom is 0.119 e. The van der Waals surface area contributed by atoms with Gasteiger partial charge in [0.2, 0.25) is 0 Å². The number of piperazine rings is 1. The molecule has 3 atom stereocenters. The monoisotopic (exact) mass is 326 g/mol. The predicted molar refractivity (Wildman–Crippen MR) is 98.2 cm³/mol. The van der Waals surface area contributed by atoms with Crippen LogP contribution in [0.25, 0.3) is 0 Å². The average Bonchev–Trinajstić information content (AvgIpc) is 3.22. The molecule has 1 aromatic rings. The highest BCUT2D eigenvalue weighted by Gasteiger charge is 2.36. The molecule has 2 aliphatic carbocycles. The highest BCUT2D eigenvalue weighted by Crippen LogP contribution is 2.43. The van der Waals surface area contributed by atoms with Gasteiger partial charge in [-0.15, -0.1) is 0 Å². The van der Waals surface area contributed by atoms with Crippen LogP contribution in [0.5, 0.6) is 5.75 Å². The highest BCUT2D eigenvalue weighted by atomic mass is 16.5. The summed E-state index contributed by atoms with van der Waals surface area (Å²) in [5.41, 5.74) is 1.39. The van der Waals surface area contributed by atoms with Crippen molar-refractivity contribution in [1.29, 1.82) is 0 Å². The van der Waals surface area contributed by atoms with E-state index < -0.39 is 0 Å². The summed E-state index contributed by atoms with van der Waals surface area (Å²) in [5.74, 6) is 3.70. The van der Waals surface area contributed by atoms with Crippen LogP contribution in [0, 0.1) is 17.8 Å². The van der Waals surface area contributed by atoms with Crippen LogP contribution in [0.1, 0.15) is 25.3 Å². The second-order valence-electron chi connectivity index (χ2n) is 7.69. The van der Waals surface area contributed by atoms with Crippen LogP contribution >= 0.6 is 0 Å². The number of hydrogen-bond acceptors (Lipinski definition) is 3. The van der Waals surface area contributed by atoms with Gasteiger partial charge in [-0.05, 0) is 55.2 Å². The summed E-state index contributed by atoms with van der Waals surface area (Å²) >= 11 is 0. The molecule has 24 heavy (non-hydrogen) atoms. The second-order valence-corrected chi connectivity index (χ2v) is 7.69. The molecule has 4 rings (SSSR count). The Morgan fingerprint density at radius 3 is 2.33 bits per heavy atom. The van der Waals surface area contributed by atoms with Gasteiger partial charge in [-0.25, -0.2) is 0 Å². The van der Waals surface area contributed by atoms with Crippen LogP contribution in [0.3, 0.4) is 0 Å². The molecule has 0 unspecified atom stereocenters. The lowest BCUT2D eigenvalue weighted by molar-refractivity contribution is 0.108. The van der Waals surface area contributed by atoms with E-state index >= 15 is 0 Å². The van der Waals surface area contributed by atoms with Crippen LogP contribution in [0.15, 0.2) is 36.4 Å². The number of fused-ring (bicyclic) bond motifs is 2. The quantitative estimate of drug-likeness (QED) is 0.745. The second kappa shape index (κ2) is 7.28. The molecule has 1 aliphatic heterocycles. The largest absolute Gasteiger partial charge is 0.494 e. The smallest absolute Gasteiger partial charge is 0.119 e. The Morgan fingerprint density at radius 1 is 0.958 bits per heavy atom. The van der Waals surface area contributed by atoms with E-state index in [0.29, 0.717) is 0 Å². The first-order valence-electron chi connectivity index (χ1n) is 9.65. The molecule has 2 bridgehead atoms. The Labute approximate surface area is 146 Å². The third-order valence-corrected chi connectivity index (χ3v) is 6.01. The summed E-state index contributed by atoms with van der Waals surface area (Å²) in [6.07, 6.45) is 7.81. The molecule has 3 nitrogen and oxygen atoms in total. The molecule has 1 heterocycles. The van der Waals surface area contributed by atoms with Crippen molar-refractivity contribution in [2.24, 2.45) is 17.8 Å². The van der Waals surface area contributed by atoms with E-state index in [1.807, 2.05) is 6.92 Å². The zero-order chi connectivity index (χ0) is 16.4. The fourth-order valence-corrected chi connectivity index (χ4v) is 4.68. The molecule has 0 radical (unpaired) electrons. The number of benzene rings is 1. The molecule has 1 saturated carbocycles. The van der Waals surface area contributed by atoms with Crippen molar-refractivity contribution in [1.82, 2.24) is 9.80 Å². The zero-order valence-electron chi connectivity index (χ0n) is 14.9. The summed E-state index contributed by atoms with van der Waals surface area (Å²) in [5, 5.41) is 0. The summed E-state index contributed by atoms with van der Waals surface area (Å²) in [6, 6.07) is 8.60. The van der Waals surface area contributed by atoms with Crippen LogP contribution in [-0.2, 0) is 6.54 Å². The fraction of sp³-hybridized carbons (Fsp3) is 0.619. The van der Waals surface area contributed by atoms with Gasteiger partial charge in [0.1, 0.15) is 5.75 Å². The zero-order valence-corrected chi connectivity index (χ0v) is 14.9. The highest BCUT2D eigenvalue weighted by molar-refractivity contribution is 5.27. The van der Waals surface area contributed by atoms with E-state index in [2.05, 4.69) is 46.2 Å². The minimum absolute atomic E-state index is 0.736. The molecule has 130 valence electrons. The molecule has 0 amide bonds. The summed E-state index contributed by atoms with van der Waals surface area (Å²) in [7, 11) is 0. The van der Waals surface area contributed by atoms with E-state index in [-0.39, 0.29) is 0 Å². The molecule has 1 saturated heterocycles. The van der Waals surface area contributed by atoms with Gasteiger partial charge in [-0.2, -0.15) is 0 Å². The molecule has 3 heteroatoms. The predicted octanol–water partition coefficient (Wildman–Crippen LogP) is 3.42. The van der Waals surface area contributed by atoms with Crippen LogP contribution in [0.2, 0.25) is 0 Å². The number of allylic oxidation sites excluding steroid dienone is 2. The summed E-state index contributed by atoms with van der Waals surface area (Å²) in [4.78, 5) is 5.29. The minimum atomic E-state index is 0.736. The normalized spacial score (nSPS) is 30.1. The molecular formula is C21H30N2O. The Kier molecular flexibility index (Phi) is 4.91. The van der Waals surface area contributed by atoms with Crippen molar-refractivity contribution >= 4 is 0 Å². The number of ether oxygens (including phenoxy) is 1. The third kappa shape index (κ3) is 3.68. The third-order valence-electron chi connectivity index (χ3n) is 6.01. The van der Waals surface area contributed by atoms with Gasteiger partial charge in [0.15, 0.2) is 0 Å². The Hall–Kier alpha value is -1.32. The standard InChI is InChI=1S/C21H30N2O/c1-2-24-21-7-4-17(5-8-21)15-22-9-11-23(12-10-22)16-20-14-18-3-6-19(20)13-18/h3-8,18-20H,2,9-16H2,1H3/t18-,19-,20-/m0/s1. The lowest BCUT2D eigenvalue weighted by atomic mass is 9.93. The topological polar surface area (TPSA) is 15.7 Å². The van der Waals surface area contributed by atoms with Gasteiger partial charge in [0.05, 0.1) is 6.61 Å². The number of nitrogens with zero attached hydrogens (tertiary/aromatic N) is 2. The molecule has 0 N–H and O–H groups in total. The molecule has 2 fully saturated rings. The van der Waals surface area contributed by atoms with Crippen molar-refractivity contribution in [3.05, 3.63) is 42.0 Å². The van der Waals surface area contributed by atoms with Gasteiger partial charge < -0.3 is 9.64 Å². The maximum atomic E-state index is 5.52. The maximum absolute atomic E-state index is 5.52. The van der Waals surface area contributed by atoms with Crippen molar-refractivity contribution in [3.8, 4) is 5.75 Å². The van der Waals surface area contributed by atoms with E-state index in [9.17, 15) is 0 Å². The Morgan fingerprint density at radius 2 is 1.71 bits per heavy atom. The first-order valence-corrected chi connectivity index (χ1v) is 9.65. The lowest BCUT2D eigenvalue weighted by Crippen LogP contribution is -2.47. The minimum Gasteiger partial charge on any atom is -0.494 e. The molecular weight excluding hydrogens is 296 g/mol. The molecule has 0 aromatic heterocycles. The van der Waals surface area contributed by atoms with E-state index in [0.717, 1.165) is 36.7 Å².